The number of fused-ring (bicyclic) bond motifs is 1. The van der Waals surface area contributed by atoms with Gasteiger partial charge in [-0.1, -0.05) is 12.8 Å². The van der Waals surface area contributed by atoms with Gasteiger partial charge in [-0.2, -0.15) is 0 Å². The first-order valence-corrected chi connectivity index (χ1v) is 8.21. The first-order valence-electron chi connectivity index (χ1n) is 8.21. The van der Waals surface area contributed by atoms with Crippen LogP contribution in [0.1, 0.15) is 44.6 Å². The predicted molar refractivity (Wildman–Crippen MR) is 89.9 cm³/mol. The van der Waals surface area contributed by atoms with Crippen molar-refractivity contribution in [3.63, 3.8) is 0 Å². The van der Waals surface area contributed by atoms with Crippen molar-refractivity contribution in [3.05, 3.63) is 30.1 Å². The number of rotatable bonds is 4. The van der Waals surface area contributed by atoms with E-state index in [2.05, 4.69) is 17.2 Å². The maximum atomic E-state index is 12.8. The standard InChI is InChI=1S/C17H25N3O.ClH/c1-2-20(12-13-7-9-18-10-8-13)17(21)16-11-14-5-3-4-6-15(14)19-16;/h7-10,14-16,19H,2-6,11-12H2,1H3;1H. The van der Waals surface area contributed by atoms with Crippen LogP contribution in [0.5, 0.6) is 0 Å². The number of hydrogen-bond acceptors (Lipinski definition) is 3. The number of halogens is 1. The molecule has 1 aliphatic heterocycles. The van der Waals surface area contributed by atoms with Gasteiger partial charge >= 0.3 is 0 Å². The third kappa shape index (κ3) is 3.79. The lowest BCUT2D eigenvalue weighted by atomic mass is 9.85. The molecular formula is C17H26ClN3O. The van der Waals surface area contributed by atoms with Gasteiger partial charge in [0.25, 0.3) is 0 Å². The molecule has 1 aliphatic carbocycles. The van der Waals surface area contributed by atoms with Gasteiger partial charge in [-0.05, 0) is 49.8 Å². The number of pyridine rings is 1. The molecular weight excluding hydrogens is 298 g/mol. The number of carbonyl (C=O) groups is 1. The van der Waals surface area contributed by atoms with Crippen molar-refractivity contribution in [1.29, 1.82) is 0 Å². The van der Waals surface area contributed by atoms with Crippen LogP contribution in [0.3, 0.4) is 0 Å². The topological polar surface area (TPSA) is 45.2 Å². The van der Waals surface area contributed by atoms with E-state index in [0.717, 1.165) is 18.5 Å². The summed E-state index contributed by atoms with van der Waals surface area (Å²) < 4.78 is 0. The van der Waals surface area contributed by atoms with Gasteiger partial charge in [0.1, 0.15) is 0 Å². The van der Waals surface area contributed by atoms with E-state index in [1.165, 1.54) is 25.7 Å². The second-order valence-electron chi connectivity index (χ2n) is 6.31. The van der Waals surface area contributed by atoms with Crippen molar-refractivity contribution in [2.45, 2.75) is 57.7 Å². The molecule has 1 aromatic heterocycles. The Morgan fingerprint density at radius 2 is 2.05 bits per heavy atom. The van der Waals surface area contributed by atoms with Crippen LogP contribution in [0.2, 0.25) is 0 Å². The zero-order valence-electron chi connectivity index (χ0n) is 13.2. The maximum absolute atomic E-state index is 12.8. The van der Waals surface area contributed by atoms with E-state index < -0.39 is 0 Å². The smallest absolute Gasteiger partial charge is 0.240 e. The van der Waals surface area contributed by atoms with Crippen LogP contribution in [0.25, 0.3) is 0 Å². The quantitative estimate of drug-likeness (QED) is 0.926. The monoisotopic (exact) mass is 323 g/mol. The molecule has 3 atom stereocenters. The Bertz CT molecular complexity index is 468. The first-order chi connectivity index (χ1) is 10.3. The van der Waals surface area contributed by atoms with Crippen LogP contribution in [0, 0.1) is 5.92 Å². The number of carbonyl (C=O) groups excluding carboxylic acids is 1. The van der Waals surface area contributed by atoms with E-state index in [9.17, 15) is 4.79 Å². The Labute approximate surface area is 139 Å². The van der Waals surface area contributed by atoms with Crippen LogP contribution in [0.4, 0.5) is 0 Å². The van der Waals surface area contributed by atoms with Crippen molar-refractivity contribution in [2.24, 2.45) is 5.92 Å². The Morgan fingerprint density at radius 1 is 1.32 bits per heavy atom. The zero-order valence-corrected chi connectivity index (χ0v) is 14.0. The van der Waals surface area contributed by atoms with Gasteiger partial charge in [-0.3, -0.25) is 9.78 Å². The summed E-state index contributed by atoms with van der Waals surface area (Å²) in [7, 11) is 0. The maximum Gasteiger partial charge on any atom is 0.240 e. The molecule has 0 aromatic carbocycles. The summed E-state index contributed by atoms with van der Waals surface area (Å²) in [6.45, 7) is 3.50. The molecule has 22 heavy (non-hydrogen) atoms. The van der Waals surface area contributed by atoms with Gasteiger partial charge in [0, 0.05) is 31.5 Å². The van der Waals surface area contributed by atoms with Crippen molar-refractivity contribution >= 4 is 18.3 Å². The molecule has 2 heterocycles. The zero-order chi connectivity index (χ0) is 14.7. The molecule has 4 nitrogen and oxygen atoms in total. The number of hydrogen-bond donors (Lipinski definition) is 1. The average molecular weight is 324 g/mol. The molecule has 1 saturated carbocycles. The fourth-order valence-electron chi connectivity index (χ4n) is 3.79. The molecule has 122 valence electrons. The Kier molecular flexibility index (Phi) is 6.21. The lowest BCUT2D eigenvalue weighted by Gasteiger charge is -2.25. The highest BCUT2D eigenvalue weighted by molar-refractivity contribution is 5.85. The summed E-state index contributed by atoms with van der Waals surface area (Å²) in [5, 5.41) is 3.59. The Morgan fingerprint density at radius 3 is 2.73 bits per heavy atom. The molecule has 2 aliphatic rings. The van der Waals surface area contributed by atoms with Crippen molar-refractivity contribution < 1.29 is 4.79 Å². The molecule has 0 bridgehead atoms. The predicted octanol–water partition coefficient (Wildman–Crippen LogP) is 2.77. The van der Waals surface area contributed by atoms with Crippen LogP contribution in [0.15, 0.2) is 24.5 Å². The third-order valence-electron chi connectivity index (χ3n) is 4.98. The summed E-state index contributed by atoms with van der Waals surface area (Å²) in [4.78, 5) is 18.8. The van der Waals surface area contributed by atoms with Crippen molar-refractivity contribution in [1.82, 2.24) is 15.2 Å². The summed E-state index contributed by atoms with van der Waals surface area (Å²) >= 11 is 0. The third-order valence-corrected chi connectivity index (χ3v) is 4.98. The van der Waals surface area contributed by atoms with Gasteiger partial charge in [0.15, 0.2) is 0 Å². The Balaban J connectivity index is 0.00000176. The highest BCUT2D eigenvalue weighted by Gasteiger charge is 2.39. The molecule has 5 heteroatoms. The van der Waals surface area contributed by atoms with Crippen molar-refractivity contribution in [2.75, 3.05) is 6.54 Å². The second kappa shape index (κ2) is 7.93. The largest absolute Gasteiger partial charge is 0.337 e. The minimum Gasteiger partial charge on any atom is -0.337 e. The highest BCUT2D eigenvalue weighted by atomic mass is 35.5. The van der Waals surface area contributed by atoms with Gasteiger partial charge in [0.05, 0.1) is 6.04 Å². The van der Waals surface area contributed by atoms with Gasteiger partial charge in [-0.25, -0.2) is 0 Å². The summed E-state index contributed by atoms with van der Waals surface area (Å²) in [6.07, 6.45) is 9.77. The van der Waals surface area contributed by atoms with Crippen LogP contribution >= 0.6 is 12.4 Å². The first kappa shape index (κ1) is 17.2. The lowest BCUT2D eigenvalue weighted by molar-refractivity contribution is -0.133. The minimum atomic E-state index is 0. The number of nitrogens with zero attached hydrogens (tertiary/aromatic N) is 2. The van der Waals surface area contributed by atoms with E-state index >= 15 is 0 Å². The summed E-state index contributed by atoms with van der Waals surface area (Å²) in [5.41, 5.74) is 1.15. The van der Waals surface area contributed by atoms with Crippen molar-refractivity contribution in [3.8, 4) is 0 Å². The molecule has 0 radical (unpaired) electrons. The SMILES string of the molecule is CCN(Cc1ccncc1)C(=O)C1CC2CCCCC2N1.Cl. The van der Waals surface area contributed by atoms with Gasteiger partial charge in [-0.15, -0.1) is 12.4 Å². The van der Waals surface area contributed by atoms with Crippen LogP contribution in [-0.2, 0) is 11.3 Å². The highest BCUT2D eigenvalue weighted by Crippen LogP contribution is 2.33. The number of likely N-dealkylation sites (N-methyl/N-ethyl adjacent to an activating group) is 1. The van der Waals surface area contributed by atoms with Gasteiger partial charge in [0.2, 0.25) is 5.91 Å². The number of amides is 1. The lowest BCUT2D eigenvalue weighted by Crippen LogP contribution is -2.45. The van der Waals surface area contributed by atoms with Gasteiger partial charge < -0.3 is 10.2 Å². The fraction of sp³-hybridized carbons (Fsp3) is 0.647. The average Bonchev–Trinajstić information content (AvgIpc) is 2.97. The van der Waals surface area contributed by atoms with E-state index in [0.29, 0.717) is 18.5 Å². The van der Waals surface area contributed by atoms with E-state index in [-0.39, 0.29) is 24.4 Å². The van der Waals surface area contributed by atoms with E-state index in [1.807, 2.05) is 17.0 Å². The molecule has 1 amide bonds. The molecule has 3 rings (SSSR count). The molecule has 0 spiro atoms. The fourth-order valence-corrected chi connectivity index (χ4v) is 3.79. The van der Waals surface area contributed by atoms with Crippen LogP contribution < -0.4 is 5.32 Å². The summed E-state index contributed by atoms with van der Waals surface area (Å²) in [5.74, 6) is 0.982. The molecule has 1 aromatic rings. The van der Waals surface area contributed by atoms with E-state index in [4.69, 9.17) is 0 Å². The Hall–Kier alpha value is -1.13. The minimum absolute atomic E-state index is 0. The van der Waals surface area contributed by atoms with Crippen LogP contribution in [-0.4, -0.2) is 34.4 Å². The molecule has 3 unspecified atom stereocenters. The normalized spacial score (nSPS) is 26.9. The molecule has 1 N–H and O–H groups in total. The summed E-state index contributed by atoms with van der Waals surface area (Å²) in [6, 6.07) is 4.57. The number of nitrogens with one attached hydrogen (secondary N) is 1. The molecule has 1 saturated heterocycles. The second-order valence-corrected chi connectivity index (χ2v) is 6.31. The number of aromatic nitrogens is 1. The van der Waals surface area contributed by atoms with E-state index in [1.54, 1.807) is 12.4 Å². The molecule has 2 fully saturated rings.